The van der Waals surface area contributed by atoms with Crippen molar-refractivity contribution in [3.05, 3.63) is 106 Å². The fourth-order valence-electron chi connectivity index (χ4n) is 4.11. The summed E-state index contributed by atoms with van der Waals surface area (Å²) in [5.74, 6) is -0.180. The number of carboxylic acid groups (broad SMARTS) is 1. The van der Waals surface area contributed by atoms with Gasteiger partial charge in [0.2, 0.25) is 0 Å². The number of hydrogen-bond donors (Lipinski definition) is 1. The Morgan fingerprint density at radius 1 is 1.07 bits per heavy atom. The van der Waals surface area contributed by atoms with Gasteiger partial charge >= 0.3 is 17.8 Å². The lowest BCUT2D eigenvalue weighted by Crippen LogP contribution is -2.25. The molecule has 3 aromatic carbocycles. The van der Waals surface area contributed by atoms with E-state index in [1.54, 1.807) is 16.7 Å². The van der Waals surface area contributed by atoms with Crippen LogP contribution in [0.15, 0.2) is 82.5 Å². The third-order valence-corrected chi connectivity index (χ3v) is 7.59. The molecule has 1 atom stereocenters. The number of nitrogens with zero attached hydrogens (tertiary/aromatic N) is 3. The summed E-state index contributed by atoms with van der Waals surface area (Å²) in [5, 5.41) is 13.1. The zero-order chi connectivity index (χ0) is 28.9. The number of aryl methyl sites for hydroxylation is 1. The molecule has 0 bridgehead atoms. The monoisotopic (exact) mass is 571 g/mol. The van der Waals surface area contributed by atoms with Gasteiger partial charge in [-0.3, -0.25) is 4.57 Å². The van der Waals surface area contributed by atoms with Crippen LogP contribution in [0.25, 0.3) is 5.69 Å². The molecule has 4 rings (SSSR count). The van der Waals surface area contributed by atoms with Crippen molar-refractivity contribution in [1.82, 2.24) is 14.3 Å². The molecule has 0 amide bonds. The van der Waals surface area contributed by atoms with Gasteiger partial charge in [0.05, 0.1) is 16.5 Å². The first kappa shape index (κ1) is 29.0. The second-order valence-corrected chi connectivity index (χ2v) is 10.3. The van der Waals surface area contributed by atoms with Crippen LogP contribution in [0.2, 0.25) is 0 Å². The van der Waals surface area contributed by atoms with E-state index in [1.165, 1.54) is 23.9 Å². The minimum absolute atomic E-state index is 0.238. The van der Waals surface area contributed by atoms with Crippen LogP contribution in [0.5, 0.6) is 5.75 Å². The van der Waals surface area contributed by atoms with Crippen molar-refractivity contribution < 1.29 is 27.8 Å². The van der Waals surface area contributed by atoms with Crippen molar-refractivity contribution in [2.45, 2.75) is 49.6 Å². The van der Waals surface area contributed by atoms with Gasteiger partial charge in [0.15, 0.2) is 12.4 Å². The maximum absolute atomic E-state index is 13.6. The Morgan fingerprint density at radius 3 is 2.38 bits per heavy atom. The van der Waals surface area contributed by atoms with Gasteiger partial charge in [0, 0.05) is 11.4 Å². The maximum atomic E-state index is 13.6. The highest BCUT2D eigenvalue weighted by atomic mass is 32.2. The molecule has 0 saturated heterocycles. The van der Waals surface area contributed by atoms with Gasteiger partial charge in [-0.1, -0.05) is 43.7 Å². The first-order chi connectivity index (χ1) is 19.1. The molecule has 0 fully saturated rings. The van der Waals surface area contributed by atoms with E-state index in [9.17, 15) is 22.8 Å². The Bertz CT molecular complexity index is 1520. The van der Waals surface area contributed by atoms with Crippen LogP contribution in [0.4, 0.5) is 13.2 Å². The molecule has 210 valence electrons. The standard InChI is InChI=1S/C29H28F3N3O4S/c1-3-4-16-34-27(33-35(28(34)38)22-12-10-21(11-13-22)29(30,31)32)26(20-8-6-5-7-9-20)40-24-15-14-23(17-19(24)2)39-18-25(36)37/h5-15,17,26H,3-4,16,18H2,1-2H3,(H,36,37). The number of carbonyl (C=O) groups is 1. The van der Waals surface area contributed by atoms with E-state index in [1.807, 2.05) is 50.2 Å². The molecule has 0 radical (unpaired) electrons. The Balaban J connectivity index is 1.78. The van der Waals surface area contributed by atoms with Crippen LogP contribution in [0.1, 0.15) is 47.5 Å². The first-order valence-corrected chi connectivity index (χ1v) is 13.5. The predicted molar refractivity (Wildman–Crippen MR) is 146 cm³/mol. The number of thioether (sulfide) groups is 1. The average Bonchev–Trinajstić information content (AvgIpc) is 3.25. The molecule has 7 nitrogen and oxygen atoms in total. The summed E-state index contributed by atoms with van der Waals surface area (Å²) in [6.45, 7) is 3.83. The third-order valence-electron chi connectivity index (χ3n) is 6.16. The lowest BCUT2D eigenvalue weighted by atomic mass is 10.1. The number of ether oxygens (including phenoxy) is 1. The van der Waals surface area contributed by atoms with Gasteiger partial charge in [0.25, 0.3) is 0 Å². The molecule has 1 unspecified atom stereocenters. The van der Waals surface area contributed by atoms with Crippen molar-refractivity contribution in [2.24, 2.45) is 0 Å². The Hall–Kier alpha value is -3.99. The molecule has 0 aliphatic heterocycles. The summed E-state index contributed by atoms with van der Waals surface area (Å²) in [6.07, 6.45) is -2.94. The average molecular weight is 572 g/mol. The first-order valence-electron chi connectivity index (χ1n) is 12.6. The van der Waals surface area contributed by atoms with Crippen molar-refractivity contribution in [1.29, 1.82) is 0 Å². The van der Waals surface area contributed by atoms with Crippen LogP contribution in [0, 0.1) is 6.92 Å². The van der Waals surface area contributed by atoms with Gasteiger partial charge < -0.3 is 9.84 Å². The maximum Gasteiger partial charge on any atom is 0.416 e. The van der Waals surface area contributed by atoms with E-state index in [-0.39, 0.29) is 5.69 Å². The number of aromatic nitrogens is 3. The fourth-order valence-corrected chi connectivity index (χ4v) is 5.32. The smallest absolute Gasteiger partial charge is 0.416 e. The van der Waals surface area contributed by atoms with Crippen molar-refractivity contribution in [2.75, 3.05) is 6.61 Å². The summed E-state index contributed by atoms with van der Waals surface area (Å²) in [4.78, 5) is 25.3. The molecular weight excluding hydrogens is 543 g/mol. The van der Waals surface area contributed by atoms with E-state index >= 15 is 0 Å². The zero-order valence-electron chi connectivity index (χ0n) is 21.9. The molecule has 1 N–H and O–H groups in total. The van der Waals surface area contributed by atoms with Crippen LogP contribution in [-0.4, -0.2) is 32.0 Å². The van der Waals surface area contributed by atoms with Gasteiger partial charge in [-0.2, -0.15) is 17.9 Å². The molecule has 0 aliphatic carbocycles. The van der Waals surface area contributed by atoms with E-state index in [0.717, 1.165) is 39.3 Å². The predicted octanol–water partition coefficient (Wildman–Crippen LogP) is 6.51. The number of alkyl halides is 3. The Morgan fingerprint density at radius 2 is 1.77 bits per heavy atom. The SMILES string of the molecule is CCCCn1c(C(Sc2ccc(OCC(=O)O)cc2C)c2ccccc2)nn(-c2ccc(C(F)(F)F)cc2)c1=O. The highest BCUT2D eigenvalue weighted by Gasteiger charge is 2.31. The van der Waals surface area contributed by atoms with Gasteiger partial charge in [-0.05, 0) is 66.9 Å². The summed E-state index contributed by atoms with van der Waals surface area (Å²) in [6, 6.07) is 19.2. The highest BCUT2D eigenvalue weighted by Crippen LogP contribution is 2.41. The fraction of sp³-hybridized carbons (Fsp3) is 0.276. The third kappa shape index (κ3) is 6.77. The van der Waals surface area contributed by atoms with Crippen LogP contribution in [0.3, 0.4) is 0 Å². The van der Waals surface area contributed by atoms with E-state index in [0.29, 0.717) is 24.5 Å². The van der Waals surface area contributed by atoms with Crippen molar-refractivity contribution in [3.63, 3.8) is 0 Å². The van der Waals surface area contributed by atoms with Gasteiger partial charge in [-0.25, -0.2) is 9.59 Å². The number of aliphatic carboxylic acids is 1. The van der Waals surface area contributed by atoms with Crippen LogP contribution < -0.4 is 10.4 Å². The largest absolute Gasteiger partial charge is 0.482 e. The van der Waals surface area contributed by atoms with Crippen LogP contribution in [-0.2, 0) is 17.5 Å². The number of benzene rings is 3. The number of halogens is 3. The second-order valence-electron chi connectivity index (χ2n) is 9.12. The van der Waals surface area contributed by atoms with Crippen molar-refractivity contribution >= 4 is 17.7 Å². The number of unbranched alkanes of at least 4 members (excludes halogenated alkanes) is 1. The molecular formula is C29H28F3N3O4S. The summed E-state index contributed by atoms with van der Waals surface area (Å²) in [5.41, 5.74) is 0.735. The minimum Gasteiger partial charge on any atom is -0.482 e. The topological polar surface area (TPSA) is 86.3 Å². The quantitative estimate of drug-likeness (QED) is 0.207. The molecule has 1 aromatic heterocycles. The highest BCUT2D eigenvalue weighted by molar-refractivity contribution is 7.99. The lowest BCUT2D eigenvalue weighted by Gasteiger charge is -2.19. The summed E-state index contributed by atoms with van der Waals surface area (Å²) in [7, 11) is 0. The molecule has 40 heavy (non-hydrogen) atoms. The van der Waals surface area contributed by atoms with Crippen LogP contribution >= 0.6 is 11.8 Å². The summed E-state index contributed by atoms with van der Waals surface area (Å²) >= 11 is 1.47. The van der Waals surface area contributed by atoms with Gasteiger partial charge in [0.1, 0.15) is 5.75 Å². The summed E-state index contributed by atoms with van der Waals surface area (Å²) < 4.78 is 47.4. The minimum atomic E-state index is -4.49. The molecule has 0 saturated carbocycles. The zero-order valence-corrected chi connectivity index (χ0v) is 22.7. The van der Waals surface area contributed by atoms with Gasteiger partial charge in [-0.15, -0.1) is 16.9 Å². The molecule has 4 aromatic rings. The Labute approximate surface area is 233 Å². The van der Waals surface area contributed by atoms with E-state index < -0.39 is 35.3 Å². The molecule has 0 aliphatic rings. The second kappa shape index (κ2) is 12.5. The van der Waals surface area contributed by atoms with Crippen molar-refractivity contribution in [3.8, 4) is 11.4 Å². The lowest BCUT2D eigenvalue weighted by molar-refractivity contribution is -0.139. The number of hydrogen-bond acceptors (Lipinski definition) is 5. The Kier molecular flexibility index (Phi) is 9.03. The number of rotatable bonds is 11. The molecule has 1 heterocycles. The normalized spacial score (nSPS) is 12.3. The molecule has 0 spiro atoms. The van der Waals surface area contributed by atoms with E-state index in [2.05, 4.69) is 5.10 Å². The molecule has 11 heteroatoms. The number of carboxylic acids is 1. The van der Waals surface area contributed by atoms with E-state index in [4.69, 9.17) is 9.84 Å².